The van der Waals surface area contributed by atoms with Crippen LogP contribution in [0.5, 0.6) is 11.5 Å². The molecule has 4 nitrogen and oxygen atoms in total. The van der Waals surface area contributed by atoms with E-state index in [-0.39, 0.29) is 17.5 Å². The van der Waals surface area contributed by atoms with Gasteiger partial charge in [-0.25, -0.2) is 0 Å². The number of hydrogen-bond acceptors (Lipinski definition) is 3. The standard InChI is InChI=1S/C18H15ClF3NO3/c1-23-8-7-12-13(17(23)24)3-2-4-15(12)25-10-11-5-6-16(14(19)9-11)26-18(20,21)22/h2-6,9H,7-8,10H2,1H3. The summed E-state index contributed by atoms with van der Waals surface area (Å²) in [5.41, 5.74) is 2.02. The maximum absolute atomic E-state index is 12.3. The van der Waals surface area contributed by atoms with Gasteiger partial charge in [0, 0.05) is 24.7 Å². The highest BCUT2D eigenvalue weighted by atomic mass is 35.5. The van der Waals surface area contributed by atoms with E-state index < -0.39 is 12.1 Å². The molecule has 1 aliphatic heterocycles. The van der Waals surface area contributed by atoms with Gasteiger partial charge in [-0.05, 0) is 36.2 Å². The highest BCUT2D eigenvalue weighted by Gasteiger charge is 2.32. The number of fused-ring (bicyclic) bond motifs is 1. The molecular formula is C18H15ClF3NO3. The quantitative estimate of drug-likeness (QED) is 0.780. The number of likely N-dealkylation sites (N-methyl/N-ethyl adjacent to an activating group) is 1. The summed E-state index contributed by atoms with van der Waals surface area (Å²) >= 11 is 5.84. The molecule has 0 N–H and O–H groups in total. The fourth-order valence-corrected chi connectivity index (χ4v) is 2.99. The highest BCUT2D eigenvalue weighted by molar-refractivity contribution is 6.32. The van der Waals surface area contributed by atoms with E-state index in [4.69, 9.17) is 16.3 Å². The summed E-state index contributed by atoms with van der Waals surface area (Å²) in [6.07, 6.45) is -4.13. The first-order chi connectivity index (χ1) is 12.2. The number of rotatable bonds is 4. The van der Waals surface area contributed by atoms with E-state index in [1.165, 1.54) is 12.1 Å². The average molecular weight is 386 g/mol. The Hall–Kier alpha value is -2.41. The van der Waals surface area contributed by atoms with E-state index in [1.807, 2.05) is 0 Å². The third kappa shape index (κ3) is 4.04. The summed E-state index contributed by atoms with van der Waals surface area (Å²) in [6.45, 7) is 0.702. The topological polar surface area (TPSA) is 38.8 Å². The normalized spacial score (nSPS) is 14.2. The van der Waals surface area contributed by atoms with E-state index in [2.05, 4.69) is 4.74 Å². The maximum Gasteiger partial charge on any atom is 0.573 e. The van der Waals surface area contributed by atoms with Crippen LogP contribution in [0.25, 0.3) is 0 Å². The molecule has 0 radical (unpaired) electrons. The van der Waals surface area contributed by atoms with Crippen molar-refractivity contribution < 1.29 is 27.4 Å². The van der Waals surface area contributed by atoms with Crippen molar-refractivity contribution in [3.8, 4) is 11.5 Å². The third-order valence-corrected chi connectivity index (χ3v) is 4.32. The average Bonchev–Trinajstić information content (AvgIpc) is 2.57. The Bertz CT molecular complexity index is 839. The monoisotopic (exact) mass is 385 g/mol. The fraction of sp³-hybridized carbons (Fsp3) is 0.278. The van der Waals surface area contributed by atoms with Crippen LogP contribution < -0.4 is 9.47 Å². The third-order valence-electron chi connectivity index (χ3n) is 4.02. The van der Waals surface area contributed by atoms with E-state index in [0.29, 0.717) is 29.8 Å². The molecule has 0 saturated heterocycles. The first-order valence-electron chi connectivity index (χ1n) is 7.79. The highest BCUT2D eigenvalue weighted by Crippen LogP contribution is 2.32. The summed E-state index contributed by atoms with van der Waals surface area (Å²) in [6, 6.07) is 9.20. The van der Waals surface area contributed by atoms with Crippen LogP contribution in [0.4, 0.5) is 13.2 Å². The minimum absolute atomic E-state index is 0.0617. The number of carbonyl (C=O) groups excluding carboxylic acids is 1. The first-order valence-corrected chi connectivity index (χ1v) is 8.17. The lowest BCUT2D eigenvalue weighted by atomic mass is 9.98. The summed E-state index contributed by atoms with van der Waals surface area (Å²) < 4.78 is 46.4. The van der Waals surface area contributed by atoms with Gasteiger partial charge in [-0.1, -0.05) is 23.7 Å². The second-order valence-electron chi connectivity index (χ2n) is 5.86. The van der Waals surface area contributed by atoms with Crippen LogP contribution in [-0.4, -0.2) is 30.8 Å². The van der Waals surface area contributed by atoms with E-state index in [1.54, 1.807) is 30.1 Å². The molecule has 26 heavy (non-hydrogen) atoms. The Morgan fingerprint density at radius 2 is 1.96 bits per heavy atom. The van der Waals surface area contributed by atoms with Crippen LogP contribution >= 0.6 is 11.6 Å². The molecule has 2 aromatic carbocycles. The molecule has 0 spiro atoms. The molecule has 0 aliphatic carbocycles. The summed E-state index contributed by atoms with van der Waals surface area (Å²) in [7, 11) is 1.74. The van der Waals surface area contributed by atoms with Gasteiger partial charge in [0.25, 0.3) is 5.91 Å². The van der Waals surface area contributed by atoms with Crippen molar-refractivity contribution in [1.29, 1.82) is 0 Å². The number of amides is 1. The van der Waals surface area contributed by atoms with Crippen molar-refractivity contribution >= 4 is 17.5 Å². The molecule has 0 fully saturated rings. The predicted octanol–water partition coefficient (Wildman–Crippen LogP) is 4.45. The van der Waals surface area contributed by atoms with Gasteiger partial charge >= 0.3 is 6.36 Å². The van der Waals surface area contributed by atoms with Crippen molar-refractivity contribution in [1.82, 2.24) is 4.90 Å². The van der Waals surface area contributed by atoms with Crippen LogP contribution in [0.1, 0.15) is 21.5 Å². The molecule has 8 heteroatoms. The predicted molar refractivity (Wildman–Crippen MR) is 89.6 cm³/mol. The molecule has 1 aliphatic rings. The lowest BCUT2D eigenvalue weighted by Gasteiger charge is -2.26. The van der Waals surface area contributed by atoms with Gasteiger partial charge in [0.2, 0.25) is 0 Å². The Labute approximate surface area is 153 Å². The van der Waals surface area contributed by atoms with E-state index >= 15 is 0 Å². The number of hydrogen-bond donors (Lipinski definition) is 0. The Morgan fingerprint density at radius 3 is 2.65 bits per heavy atom. The van der Waals surface area contributed by atoms with Crippen molar-refractivity contribution in [2.24, 2.45) is 0 Å². The smallest absolute Gasteiger partial charge is 0.489 e. The van der Waals surface area contributed by atoms with Crippen LogP contribution in [0.2, 0.25) is 5.02 Å². The van der Waals surface area contributed by atoms with Gasteiger partial charge < -0.3 is 14.4 Å². The number of carbonyl (C=O) groups is 1. The zero-order chi connectivity index (χ0) is 18.9. The van der Waals surface area contributed by atoms with Gasteiger partial charge in [-0.15, -0.1) is 13.2 Å². The summed E-state index contributed by atoms with van der Waals surface area (Å²) in [5, 5.41) is -0.157. The molecule has 2 aromatic rings. The Balaban J connectivity index is 1.74. The SMILES string of the molecule is CN1CCc2c(OCc3ccc(OC(F)(F)F)c(Cl)c3)cccc2C1=O. The van der Waals surface area contributed by atoms with Gasteiger partial charge in [0.15, 0.2) is 0 Å². The molecular weight excluding hydrogens is 371 g/mol. The largest absolute Gasteiger partial charge is 0.573 e. The summed E-state index contributed by atoms with van der Waals surface area (Å²) in [5.74, 6) is 0.0535. The molecule has 138 valence electrons. The maximum atomic E-state index is 12.3. The molecule has 0 aromatic heterocycles. The van der Waals surface area contributed by atoms with Crippen molar-refractivity contribution in [3.05, 3.63) is 58.1 Å². The van der Waals surface area contributed by atoms with Crippen molar-refractivity contribution in [2.75, 3.05) is 13.6 Å². The second-order valence-corrected chi connectivity index (χ2v) is 6.27. The van der Waals surface area contributed by atoms with Crippen LogP contribution in [0, 0.1) is 0 Å². The van der Waals surface area contributed by atoms with E-state index in [0.717, 1.165) is 11.6 Å². The van der Waals surface area contributed by atoms with Crippen molar-refractivity contribution in [3.63, 3.8) is 0 Å². The number of benzene rings is 2. The first kappa shape index (κ1) is 18.4. The van der Waals surface area contributed by atoms with E-state index in [9.17, 15) is 18.0 Å². The minimum Gasteiger partial charge on any atom is -0.489 e. The van der Waals surface area contributed by atoms with Gasteiger partial charge in [0.05, 0.1) is 5.02 Å². The zero-order valence-electron chi connectivity index (χ0n) is 13.8. The molecule has 0 saturated carbocycles. The minimum atomic E-state index is -4.80. The zero-order valence-corrected chi connectivity index (χ0v) is 14.5. The second kappa shape index (κ2) is 7.07. The van der Waals surface area contributed by atoms with Crippen LogP contribution in [0.15, 0.2) is 36.4 Å². The molecule has 3 rings (SSSR count). The van der Waals surface area contributed by atoms with Crippen LogP contribution in [0.3, 0.4) is 0 Å². The number of ether oxygens (including phenoxy) is 2. The van der Waals surface area contributed by atoms with Gasteiger partial charge in [-0.3, -0.25) is 4.79 Å². The summed E-state index contributed by atoms with van der Waals surface area (Å²) in [4.78, 5) is 13.8. The number of halogens is 4. The van der Waals surface area contributed by atoms with Gasteiger partial charge in [-0.2, -0.15) is 0 Å². The number of nitrogens with zero attached hydrogens (tertiary/aromatic N) is 1. The molecule has 1 heterocycles. The molecule has 0 atom stereocenters. The Kier molecular flexibility index (Phi) is 5.00. The van der Waals surface area contributed by atoms with Crippen molar-refractivity contribution in [2.45, 2.75) is 19.4 Å². The molecule has 0 unspecified atom stereocenters. The number of alkyl halides is 3. The lowest BCUT2D eigenvalue weighted by Crippen LogP contribution is -2.34. The Morgan fingerprint density at radius 1 is 1.19 bits per heavy atom. The van der Waals surface area contributed by atoms with Gasteiger partial charge in [0.1, 0.15) is 18.1 Å². The lowest BCUT2D eigenvalue weighted by molar-refractivity contribution is -0.274. The van der Waals surface area contributed by atoms with Crippen LogP contribution in [-0.2, 0) is 13.0 Å². The fourth-order valence-electron chi connectivity index (χ4n) is 2.75. The molecule has 0 bridgehead atoms. The molecule has 1 amide bonds.